The molecule has 0 saturated heterocycles. The average Bonchev–Trinajstić information content (AvgIpc) is 2.72. The third kappa shape index (κ3) is 12.0. The zero-order valence-corrected chi connectivity index (χ0v) is 20.1. The number of nitro groups is 1. The summed E-state index contributed by atoms with van der Waals surface area (Å²) in [6.45, 7) is 8.49. The van der Waals surface area contributed by atoms with Gasteiger partial charge in [-0.3, -0.25) is 14.9 Å². The lowest BCUT2D eigenvalue weighted by atomic mass is 10.0. The lowest BCUT2D eigenvalue weighted by molar-refractivity contribution is -0.384. The third-order valence-corrected chi connectivity index (χ3v) is 4.23. The van der Waals surface area contributed by atoms with Crippen LogP contribution >= 0.6 is 0 Å². The maximum Gasteiger partial charge on any atom is 0.408 e. The second-order valence-electron chi connectivity index (χ2n) is 9.11. The zero-order chi connectivity index (χ0) is 25.9. The molecule has 190 valence electrons. The van der Waals surface area contributed by atoms with Gasteiger partial charge in [0.25, 0.3) is 5.69 Å². The summed E-state index contributed by atoms with van der Waals surface area (Å²) in [6, 6.07) is 4.69. The number of amides is 3. The SMILES string of the molecule is CC(C)C[C@H](NC(=O)OC(C)(C)C)C(=O)NCC(O)CNC(=O)OCc1ccc([N+](=O)[O-])cc1. The second kappa shape index (κ2) is 13.3. The van der Waals surface area contributed by atoms with Gasteiger partial charge in [0.05, 0.1) is 11.0 Å². The van der Waals surface area contributed by atoms with E-state index in [1.807, 2.05) is 13.8 Å². The van der Waals surface area contributed by atoms with E-state index in [0.717, 1.165) is 0 Å². The molecule has 3 amide bonds. The van der Waals surface area contributed by atoms with Gasteiger partial charge in [0.15, 0.2) is 0 Å². The van der Waals surface area contributed by atoms with Crippen molar-refractivity contribution in [3.8, 4) is 0 Å². The van der Waals surface area contributed by atoms with Gasteiger partial charge in [0.1, 0.15) is 18.2 Å². The van der Waals surface area contributed by atoms with Crippen molar-refractivity contribution in [2.75, 3.05) is 13.1 Å². The Labute approximate surface area is 198 Å². The number of nitrogens with one attached hydrogen (secondary N) is 3. The van der Waals surface area contributed by atoms with Crippen molar-refractivity contribution in [1.82, 2.24) is 16.0 Å². The van der Waals surface area contributed by atoms with E-state index in [1.54, 1.807) is 20.8 Å². The topological polar surface area (TPSA) is 169 Å². The molecule has 0 radical (unpaired) electrons. The van der Waals surface area contributed by atoms with Crippen LogP contribution in [0.2, 0.25) is 0 Å². The Morgan fingerprint density at radius 3 is 2.18 bits per heavy atom. The number of rotatable bonds is 11. The van der Waals surface area contributed by atoms with E-state index < -0.39 is 40.8 Å². The van der Waals surface area contributed by atoms with Crippen LogP contribution in [-0.2, 0) is 20.9 Å². The molecule has 0 bridgehead atoms. The van der Waals surface area contributed by atoms with Gasteiger partial charge in [0, 0.05) is 25.2 Å². The number of nitro benzene ring substituents is 1. The van der Waals surface area contributed by atoms with Gasteiger partial charge in [-0.25, -0.2) is 9.59 Å². The number of ether oxygens (including phenoxy) is 2. The number of carbonyl (C=O) groups is 3. The Bertz CT molecular complexity index is 836. The minimum Gasteiger partial charge on any atom is -0.445 e. The van der Waals surface area contributed by atoms with Crippen LogP contribution in [0.15, 0.2) is 24.3 Å². The number of aliphatic hydroxyl groups excluding tert-OH is 1. The smallest absolute Gasteiger partial charge is 0.408 e. The molecule has 0 aliphatic rings. The van der Waals surface area contributed by atoms with Crippen LogP contribution in [0, 0.1) is 16.0 Å². The first kappa shape index (κ1) is 28.6. The number of non-ortho nitro benzene ring substituents is 1. The van der Waals surface area contributed by atoms with Gasteiger partial charge < -0.3 is 30.5 Å². The first-order chi connectivity index (χ1) is 15.8. The standard InChI is InChI=1S/C22H34N4O8/c1-14(2)10-18(25-21(30)34-22(3,4)5)19(28)23-11-17(27)12-24-20(29)33-13-15-6-8-16(9-7-15)26(31)32/h6-9,14,17-18,27H,10-13H2,1-5H3,(H,23,28)(H,24,29)(H,25,30)/t17?,18-/m0/s1. The maximum atomic E-state index is 12.5. The monoisotopic (exact) mass is 482 g/mol. The summed E-state index contributed by atoms with van der Waals surface area (Å²) in [5.74, 6) is -0.373. The van der Waals surface area contributed by atoms with Crippen LogP contribution in [0.1, 0.15) is 46.6 Å². The number of hydrogen-bond acceptors (Lipinski definition) is 8. The highest BCUT2D eigenvalue weighted by molar-refractivity contribution is 5.85. The quantitative estimate of drug-likeness (QED) is 0.275. The molecule has 34 heavy (non-hydrogen) atoms. The van der Waals surface area contributed by atoms with E-state index in [1.165, 1.54) is 24.3 Å². The van der Waals surface area contributed by atoms with Crippen molar-refractivity contribution in [3.63, 3.8) is 0 Å². The van der Waals surface area contributed by atoms with E-state index in [2.05, 4.69) is 16.0 Å². The number of hydrogen-bond donors (Lipinski definition) is 4. The molecule has 0 fully saturated rings. The normalized spacial score (nSPS) is 12.9. The lowest BCUT2D eigenvalue weighted by Crippen LogP contribution is -2.50. The molecule has 4 N–H and O–H groups in total. The first-order valence-corrected chi connectivity index (χ1v) is 10.9. The van der Waals surface area contributed by atoms with Crippen molar-refractivity contribution in [3.05, 3.63) is 39.9 Å². The molecule has 0 heterocycles. The molecule has 1 aromatic rings. The summed E-state index contributed by atoms with van der Waals surface area (Å²) in [6.07, 6.45) is -2.25. The molecule has 1 aromatic carbocycles. The summed E-state index contributed by atoms with van der Waals surface area (Å²) in [4.78, 5) is 46.4. The molecule has 0 aliphatic carbocycles. The molecule has 1 unspecified atom stereocenters. The fourth-order valence-corrected chi connectivity index (χ4v) is 2.68. The van der Waals surface area contributed by atoms with Gasteiger partial charge in [-0.1, -0.05) is 13.8 Å². The molecule has 0 saturated carbocycles. The molecule has 2 atom stereocenters. The Hall–Kier alpha value is -3.41. The van der Waals surface area contributed by atoms with Crippen LogP contribution in [0.25, 0.3) is 0 Å². The number of benzene rings is 1. The minimum atomic E-state index is -1.10. The molecule has 0 aromatic heterocycles. The number of carbonyl (C=O) groups excluding carboxylic acids is 3. The molecule has 0 aliphatic heterocycles. The van der Waals surface area contributed by atoms with Gasteiger partial charge in [-0.15, -0.1) is 0 Å². The van der Waals surface area contributed by atoms with Crippen molar-refractivity contribution in [2.45, 2.75) is 65.4 Å². The molecular weight excluding hydrogens is 448 g/mol. The highest BCUT2D eigenvalue weighted by Crippen LogP contribution is 2.12. The minimum absolute atomic E-state index is 0.0738. The Morgan fingerprint density at radius 2 is 1.65 bits per heavy atom. The van der Waals surface area contributed by atoms with Crippen LogP contribution in [0.3, 0.4) is 0 Å². The molecule has 0 spiro atoms. The van der Waals surface area contributed by atoms with Crippen LogP contribution in [-0.4, -0.2) is 59.0 Å². The summed E-state index contributed by atoms with van der Waals surface area (Å²) in [7, 11) is 0. The zero-order valence-electron chi connectivity index (χ0n) is 20.1. The maximum absolute atomic E-state index is 12.5. The number of alkyl carbamates (subject to hydrolysis) is 2. The fraction of sp³-hybridized carbons (Fsp3) is 0.591. The van der Waals surface area contributed by atoms with E-state index >= 15 is 0 Å². The first-order valence-electron chi connectivity index (χ1n) is 10.9. The Balaban J connectivity index is 2.42. The van der Waals surface area contributed by atoms with Gasteiger partial charge in [0.2, 0.25) is 5.91 Å². The number of aliphatic hydroxyl groups is 1. The Morgan fingerprint density at radius 1 is 1.06 bits per heavy atom. The van der Waals surface area contributed by atoms with E-state index in [4.69, 9.17) is 9.47 Å². The highest BCUT2D eigenvalue weighted by Gasteiger charge is 2.25. The van der Waals surface area contributed by atoms with Crippen molar-refractivity contribution in [1.29, 1.82) is 0 Å². The number of nitrogens with zero attached hydrogens (tertiary/aromatic N) is 1. The van der Waals surface area contributed by atoms with Crippen molar-refractivity contribution in [2.24, 2.45) is 5.92 Å². The van der Waals surface area contributed by atoms with Crippen LogP contribution in [0.5, 0.6) is 0 Å². The average molecular weight is 483 g/mol. The van der Waals surface area contributed by atoms with E-state index in [-0.39, 0.29) is 31.3 Å². The van der Waals surface area contributed by atoms with E-state index in [0.29, 0.717) is 12.0 Å². The van der Waals surface area contributed by atoms with Gasteiger partial charge in [-0.2, -0.15) is 0 Å². The lowest BCUT2D eigenvalue weighted by Gasteiger charge is -2.24. The van der Waals surface area contributed by atoms with Crippen molar-refractivity contribution < 1.29 is 33.9 Å². The van der Waals surface area contributed by atoms with Gasteiger partial charge in [-0.05, 0) is 50.8 Å². The summed E-state index contributed by atoms with van der Waals surface area (Å²) >= 11 is 0. The van der Waals surface area contributed by atoms with E-state index in [9.17, 15) is 29.6 Å². The third-order valence-electron chi connectivity index (χ3n) is 4.23. The second-order valence-corrected chi connectivity index (χ2v) is 9.11. The predicted octanol–water partition coefficient (Wildman–Crippen LogP) is 2.24. The van der Waals surface area contributed by atoms with Crippen LogP contribution < -0.4 is 16.0 Å². The highest BCUT2D eigenvalue weighted by atomic mass is 16.6. The molecule has 12 heteroatoms. The summed E-state index contributed by atoms with van der Waals surface area (Å²) in [5.41, 5.74) is -0.227. The Kier molecular flexibility index (Phi) is 11.2. The van der Waals surface area contributed by atoms with Gasteiger partial charge >= 0.3 is 12.2 Å². The van der Waals surface area contributed by atoms with Crippen molar-refractivity contribution >= 4 is 23.8 Å². The largest absolute Gasteiger partial charge is 0.445 e. The fourth-order valence-electron chi connectivity index (χ4n) is 2.68. The van der Waals surface area contributed by atoms with Crippen LogP contribution in [0.4, 0.5) is 15.3 Å². The predicted molar refractivity (Wildman–Crippen MR) is 123 cm³/mol. The molecular formula is C22H34N4O8. The summed E-state index contributed by atoms with van der Waals surface area (Å²) < 4.78 is 10.2. The molecule has 1 rings (SSSR count). The molecule has 12 nitrogen and oxygen atoms in total. The summed E-state index contributed by atoms with van der Waals surface area (Å²) in [5, 5.41) is 28.1.